The highest BCUT2D eigenvalue weighted by Gasteiger charge is 2.19. The average Bonchev–Trinajstić information content (AvgIpc) is 3.09. The van der Waals surface area contributed by atoms with Crippen LogP contribution >= 0.6 is 0 Å². The van der Waals surface area contributed by atoms with Gasteiger partial charge in [0, 0.05) is 10.9 Å². The Bertz CT molecular complexity index is 1390. The van der Waals surface area contributed by atoms with Gasteiger partial charge in [-0.1, -0.05) is 60.7 Å². The Morgan fingerprint density at radius 2 is 2.03 bits per heavy atom. The van der Waals surface area contributed by atoms with Crippen LogP contribution in [0.1, 0.15) is 35.7 Å². The molecule has 4 rings (SSSR count). The van der Waals surface area contributed by atoms with Crippen molar-refractivity contribution in [1.29, 1.82) is 5.26 Å². The van der Waals surface area contributed by atoms with E-state index in [0.717, 1.165) is 38.9 Å². The van der Waals surface area contributed by atoms with Crippen LogP contribution in [-0.4, -0.2) is 29.2 Å². The van der Waals surface area contributed by atoms with Crippen LogP contribution in [0, 0.1) is 18.3 Å². The standard InChI is InChI=1S/C28H25N3O3/c1-3-34-24-13-5-4-11-21(24)19-9-7-10-20(15-14-19)27-23(16-29)28(30-17-25(32)33)22-12-6-8-18(2)26(22)31-27/h4-9,11-15H,3,10,17H2,1-2H3,(H,30,31)(H,32,33). The fraction of sp³-hybridized carbons (Fsp3) is 0.179. The Morgan fingerprint density at radius 1 is 1.21 bits per heavy atom. The SMILES string of the molecule is CCOc1ccccc1C1=CC=C(c2nc3c(C)cccc3c(NCC(=O)O)c2C#N)CC=C1. The van der Waals surface area contributed by atoms with Crippen LogP contribution in [0.2, 0.25) is 0 Å². The summed E-state index contributed by atoms with van der Waals surface area (Å²) in [6, 6.07) is 15.8. The molecule has 0 saturated carbocycles. The zero-order valence-electron chi connectivity index (χ0n) is 19.1. The van der Waals surface area contributed by atoms with Crippen LogP contribution in [0.4, 0.5) is 5.69 Å². The van der Waals surface area contributed by atoms with Gasteiger partial charge in [0.1, 0.15) is 23.9 Å². The van der Waals surface area contributed by atoms with E-state index in [1.807, 2.05) is 80.6 Å². The summed E-state index contributed by atoms with van der Waals surface area (Å²) in [5, 5.41) is 23.0. The number of carbonyl (C=O) groups is 1. The van der Waals surface area contributed by atoms with Gasteiger partial charge in [-0.05, 0) is 43.0 Å². The van der Waals surface area contributed by atoms with Crippen molar-refractivity contribution in [2.24, 2.45) is 0 Å². The van der Waals surface area contributed by atoms with Crippen molar-refractivity contribution >= 4 is 33.7 Å². The normalized spacial score (nSPS) is 13.0. The zero-order valence-corrected chi connectivity index (χ0v) is 19.1. The van der Waals surface area contributed by atoms with Crippen LogP contribution in [0.5, 0.6) is 5.75 Å². The molecule has 1 aliphatic rings. The third-order valence-corrected chi connectivity index (χ3v) is 5.65. The van der Waals surface area contributed by atoms with E-state index in [1.54, 1.807) is 0 Å². The highest BCUT2D eigenvalue weighted by Crippen LogP contribution is 2.36. The number of benzene rings is 2. The number of allylic oxidation sites excluding steroid dienone is 6. The molecule has 0 amide bonds. The topological polar surface area (TPSA) is 95.2 Å². The number of fused-ring (bicyclic) bond motifs is 1. The Kier molecular flexibility index (Phi) is 6.74. The second-order valence-electron chi connectivity index (χ2n) is 7.89. The van der Waals surface area contributed by atoms with Gasteiger partial charge in [0.25, 0.3) is 0 Å². The quantitative estimate of drug-likeness (QED) is 0.476. The van der Waals surface area contributed by atoms with Crippen LogP contribution in [0.25, 0.3) is 22.0 Å². The fourth-order valence-electron chi connectivity index (χ4n) is 4.09. The summed E-state index contributed by atoms with van der Waals surface area (Å²) >= 11 is 0. The maximum Gasteiger partial charge on any atom is 0.322 e. The largest absolute Gasteiger partial charge is 0.493 e. The number of pyridine rings is 1. The van der Waals surface area contributed by atoms with Gasteiger partial charge < -0.3 is 15.2 Å². The lowest BCUT2D eigenvalue weighted by Gasteiger charge is -2.16. The second kappa shape index (κ2) is 10.1. The van der Waals surface area contributed by atoms with Crippen molar-refractivity contribution < 1.29 is 14.6 Å². The van der Waals surface area contributed by atoms with Gasteiger partial charge in [-0.15, -0.1) is 0 Å². The third kappa shape index (κ3) is 4.55. The van der Waals surface area contributed by atoms with Crippen molar-refractivity contribution in [3.63, 3.8) is 0 Å². The minimum absolute atomic E-state index is 0.293. The van der Waals surface area contributed by atoms with E-state index >= 15 is 0 Å². The summed E-state index contributed by atoms with van der Waals surface area (Å²) in [6.45, 7) is 4.19. The molecule has 2 N–H and O–H groups in total. The highest BCUT2D eigenvalue weighted by molar-refractivity contribution is 5.99. The van der Waals surface area contributed by atoms with E-state index in [4.69, 9.17) is 9.72 Å². The molecule has 0 radical (unpaired) electrons. The number of nitrogens with zero attached hydrogens (tertiary/aromatic N) is 2. The van der Waals surface area contributed by atoms with Gasteiger partial charge in [0.2, 0.25) is 0 Å². The minimum Gasteiger partial charge on any atom is -0.493 e. The number of carboxylic acid groups (broad SMARTS) is 1. The molecular weight excluding hydrogens is 426 g/mol. The molecule has 6 nitrogen and oxygen atoms in total. The van der Waals surface area contributed by atoms with E-state index in [2.05, 4.69) is 11.4 Å². The van der Waals surface area contributed by atoms with E-state index in [0.29, 0.717) is 30.0 Å². The van der Waals surface area contributed by atoms with E-state index in [-0.39, 0.29) is 6.54 Å². The fourth-order valence-corrected chi connectivity index (χ4v) is 4.09. The number of anilines is 1. The summed E-state index contributed by atoms with van der Waals surface area (Å²) in [5.74, 6) is -0.185. The van der Waals surface area contributed by atoms with Gasteiger partial charge in [0.05, 0.1) is 23.5 Å². The molecule has 0 atom stereocenters. The average molecular weight is 452 g/mol. The number of ether oxygens (including phenoxy) is 1. The summed E-state index contributed by atoms with van der Waals surface area (Å²) in [4.78, 5) is 16.1. The Balaban J connectivity index is 1.87. The van der Waals surface area contributed by atoms with Crippen LogP contribution < -0.4 is 10.1 Å². The Labute approximate surface area is 198 Å². The first kappa shape index (κ1) is 22.8. The molecule has 2 aromatic carbocycles. The molecule has 0 unspecified atom stereocenters. The first-order chi connectivity index (χ1) is 16.5. The van der Waals surface area contributed by atoms with Gasteiger partial charge in [-0.2, -0.15) is 5.26 Å². The molecule has 1 heterocycles. The van der Waals surface area contributed by atoms with Crippen molar-refractivity contribution in [2.75, 3.05) is 18.5 Å². The molecule has 1 aromatic heterocycles. The summed E-state index contributed by atoms with van der Waals surface area (Å²) < 4.78 is 5.80. The molecule has 34 heavy (non-hydrogen) atoms. The predicted molar refractivity (Wildman–Crippen MR) is 135 cm³/mol. The van der Waals surface area contributed by atoms with Gasteiger partial charge in [0.15, 0.2) is 0 Å². The molecule has 6 heteroatoms. The number of hydrogen-bond acceptors (Lipinski definition) is 5. The second-order valence-corrected chi connectivity index (χ2v) is 7.89. The number of hydrogen-bond donors (Lipinski definition) is 2. The van der Waals surface area contributed by atoms with E-state index in [9.17, 15) is 15.2 Å². The van der Waals surface area contributed by atoms with Crippen molar-refractivity contribution in [3.8, 4) is 11.8 Å². The van der Waals surface area contributed by atoms with Crippen molar-refractivity contribution in [3.05, 3.63) is 89.2 Å². The maximum absolute atomic E-state index is 11.3. The van der Waals surface area contributed by atoms with Gasteiger partial charge >= 0.3 is 5.97 Å². The number of para-hydroxylation sites is 2. The van der Waals surface area contributed by atoms with Crippen molar-refractivity contribution in [2.45, 2.75) is 20.3 Å². The maximum atomic E-state index is 11.3. The molecule has 0 saturated heterocycles. The Hall–Kier alpha value is -4.37. The number of aryl methyl sites for hydroxylation is 1. The van der Waals surface area contributed by atoms with Gasteiger partial charge in [-0.25, -0.2) is 4.98 Å². The lowest BCUT2D eigenvalue weighted by atomic mass is 9.98. The molecular formula is C28H25N3O3. The minimum atomic E-state index is -1.000. The number of aromatic nitrogens is 1. The smallest absolute Gasteiger partial charge is 0.322 e. The lowest BCUT2D eigenvalue weighted by molar-refractivity contribution is -0.134. The van der Waals surface area contributed by atoms with Crippen LogP contribution in [0.15, 0.2) is 66.8 Å². The number of carboxylic acids is 1. The number of aliphatic carboxylic acids is 1. The molecule has 170 valence electrons. The molecule has 0 fully saturated rings. The predicted octanol–water partition coefficient (Wildman–Crippen LogP) is 5.74. The first-order valence-electron chi connectivity index (χ1n) is 11.1. The molecule has 1 aliphatic carbocycles. The first-order valence-corrected chi connectivity index (χ1v) is 11.1. The van der Waals surface area contributed by atoms with Crippen LogP contribution in [-0.2, 0) is 4.79 Å². The lowest BCUT2D eigenvalue weighted by Crippen LogP contribution is -2.14. The van der Waals surface area contributed by atoms with Crippen molar-refractivity contribution in [1.82, 2.24) is 4.98 Å². The van der Waals surface area contributed by atoms with E-state index in [1.165, 1.54) is 0 Å². The number of nitriles is 1. The van der Waals surface area contributed by atoms with Crippen LogP contribution in [0.3, 0.4) is 0 Å². The number of rotatable bonds is 7. The van der Waals surface area contributed by atoms with Gasteiger partial charge in [-0.3, -0.25) is 4.79 Å². The summed E-state index contributed by atoms with van der Waals surface area (Å²) in [6.07, 6.45) is 8.65. The highest BCUT2D eigenvalue weighted by atomic mass is 16.5. The number of nitrogens with one attached hydrogen (secondary N) is 1. The zero-order chi connectivity index (χ0) is 24.1. The summed E-state index contributed by atoms with van der Waals surface area (Å²) in [5.41, 5.74) is 5.94. The third-order valence-electron chi connectivity index (χ3n) is 5.65. The molecule has 3 aromatic rings. The molecule has 0 aliphatic heterocycles. The van der Waals surface area contributed by atoms with E-state index < -0.39 is 5.97 Å². The Morgan fingerprint density at radius 3 is 2.79 bits per heavy atom. The summed E-state index contributed by atoms with van der Waals surface area (Å²) in [7, 11) is 0. The molecule has 0 bridgehead atoms. The monoisotopic (exact) mass is 451 g/mol. The molecule has 0 spiro atoms.